The minimum atomic E-state index is -0.521. The topological polar surface area (TPSA) is 73.9 Å². The van der Waals surface area contributed by atoms with E-state index < -0.39 is 5.97 Å². The number of aryl methyl sites for hydroxylation is 1. The van der Waals surface area contributed by atoms with Crippen LogP contribution >= 0.6 is 15.9 Å². The van der Waals surface area contributed by atoms with Crippen molar-refractivity contribution in [3.63, 3.8) is 0 Å². The average molecular weight is 420 g/mol. The van der Waals surface area contributed by atoms with Crippen LogP contribution < -0.4 is 14.8 Å². The van der Waals surface area contributed by atoms with Crippen molar-refractivity contribution in [1.82, 2.24) is 5.32 Å². The monoisotopic (exact) mass is 419 g/mol. The van der Waals surface area contributed by atoms with Crippen molar-refractivity contribution in [2.75, 3.05) is 19.8 Å². The van der Waals surface area contributed by atoms with Gasteiger partial charge in [-0.2, -0.15) is 0 Å². The van der Waals surface area contributed by atoms with Gasteiger partial charge in [0.25, 0.3) is 5.91 Å². The van der Waals surface area contributed by atoms with E-state index in [1.165, 1.54) is 0 Å². The van der Waals surface area contributed by atoms with Crippen LogP contribution in [0.1, 0.15) is 21.5 Å². The van der Waals surface area contributed by atoms with E-state index in [9.17, 15) is 9.59 Å². The molecule has 2 aromatic rings. The Balaban J connectivity index is 1.51. The Morgan fingerprint density at radius 3 is 2.46 bits per heavy atom. The van der Waals surface area contributed by atoms with Gasteiger partial charge in [-0.15, -0.1) is 0 Å². The molecule has 0 fully saturated rings. The van der Waals surface area contributed by atoms with Crippen LogP contribution in [0, 0.1) is 6.92 Å². The molecule has 7 heteroatoms. The summed E-state index contributed by atoms with van der Waals surface area (Å²) in [6, 6.07) is 10.7. The summed E-state index contributed by atoms with van der Waals surface area (Å²) < 4.78 is 17.0. The zero-order chi connectivity index (χ0) is 18.5. The second-order valence-corrected chi connectivity index (χ2v) is 6.65. The molecule has 0 saturated heterocycles. The SMILES string of the molecule is Cc1ccc(C(=O)NCC(=O)OCc2cc3c(cc2Br)OCCO3)cc1. The molecule has 3 rings (SSSR count). The van der Waals surface area contributed by atoms with Crippen molar-refractivity contribution < 1.29 is 23.8 Å². The lowest BCUT2D eigenvalue weighted by Crippen LogP contribution is -2.30. The summed E-state index contributed by atoms with van der Waals surface area (Å²) in [5.74, 6) is 0.441. The first-order valence-corrected chi connectivity index (χ1v) is 8.91. The summed E-state index contributed by atoms with van der Waals surface area (Å²) in [7, 11) is 0. The van der Waals surface area contributed by atoms with Crippen LogP contribution in [0.3, 0.4) is 0 Å². The summed E-state index contributed by atoms with van der Waals surface area (Å²) in [5, 5.41) is 2.55. The number of hydrogen-bond acceptors (Lipinski definition) is 5. The highest BCUT2D eigenvalue weighted by Gasteiger charge is 2.16. The smallest absolute Gasteiger partial charge is 0.325 e. The molecule has 1 heterocycles. The molecular formula is C19H18BrNO5. The molecule has 1 aliphatic heterocycles. The highest BCUT2D eigenvalue weighted by atomic mass is 79.9. The summed E-state index contributed by atoms with van der Waals surface area (Å²) in [5.41, 5.74) is 2.32. The molecule has 1 aliphatic rings. The van der Waals surface area contributed by atoms with E-state index in [1.807, 2.05) is 19.1 Å². The lowest BCUT2D eigenvalue weighted by Gasteiger charge is -2.19. The molecule has 0 spiro atoms. The highest BCUT2D eigenvalue weighted by Crippen LogP contribution is 2.35. The number of rotatable bonds is 5. The van der Waals surface area contributed by atoms with E-state index in [0.717, 1.165) is 15.6 Å². The van der Waals surface area contributed by atoms with Gasteiger partial charge < -0.3 is 19.5 Å². The van der Waals surface area contributed by atoms with Crippen LogP contribution in [0.15, 0.2) is 40.9 Å². The lowest BCUT2D eigenvalue weighted by molar-refractivity contribution is -0.143. The van der Waals surface area contributed by atoms with Crippen molar-refractivity contribution >= 4 is 27.8 Å². The lowest BCUT2D eigenvalue weighted by atomic mass is 10.1. The molecule has 1 amide bonds. The Labute approximate surface area is 159 Å². The molecule has 6 nitrogen and oxygen atoms in total. The number of fused-ring (bicyclic) bond motifs is 1. The summed E-state index contributed by atoms with van der Waals surface area (Å²) in [6.07, 6.45) is 0. The number of halogens is 1. The van der Waals surface area contributed by atoms with Crippen LogP contribution in [0.5, 0.6) is 11.5 Å². The van der Waals surface area contributed by atoms with Gasteiger partial charge in [-0.3, -0.25) is 9.59 Å². The fraction of sp³-hybridized carbons (Fsp3) is 0.263. The normalized spacial score (nSPS) is 12.4. The maximum atomic E-state index is 12.0. The number of amides is 1. The fourth-order valence-electron chi connectivity index (χ4n) is 2.39. The van der Waals surface area contributed by atoms with E-state index >= 15 is 0 Å². The third-order valence-electron chi connectivity index (χ3n) is 3.81. The third kappa shape index (κ3) is 4.54. The van der Waals surface area contributed by atoms with Crippen molar-refractivity contribution in [2.24, 2.45) is 0 Å². The van der Waals surface area contributed by atoms with Crippen LogP contribution in [0.2, 0.25) is 0 Å². The van der Waals surface area contributed by atoms with Crippen molar-refractivity contribution in [3.05, 3.63) is 57.6 Å². The molecule has 0 bridgehead atoms. The van der Waals surface area contributed by atoms with Crippen molar-refractivity contribution in [2.45, 2.75) is 13.5 Å². The Bertz CT molecular complexity index is 819. The van der Waals surface area contributed by atoms with Crippen molar-refractivity contribution in [3.8, 4) is 11.5 Å². The van der Waals surface area contributed by atoms with Crippen LogP contribution in [0.25, 0.3) is 0 Å². The van der Waals surface area contributed by atoms with E-state index in [-0.39, 0.29) is 19.1 Å². The Morgan fingerprint density at radius 1 is 1.12 bits per heavy atom. The summed E-state index contributed by atoms with van der Waals surface area (Å²) in [6.45, 7) is 2.80. The number of carbonyl (C=O) groups is 2. The van der Waals surface area contributed by atoms with Crippen LogP contribution in [-0.2, 0) is 16.1 Å². The maximum absolute atomic E-state index is 12.0. The average Bonchev–Trinajstić information content (AvgIpc) is 2.65. The number of carbonyl (C=O) groups excluding carboxylic acids is 2. The van der Waals surface area contributed by atoms with Gasteiger partial charge in [0, 0.05) is 15.6 Å². The van der Waals surface area contributed by atoms with Crippen LogP contribution in [-0.4, -0.2) is 31.6 Å². The number of nitrogens with one attached hydrogen (secondary N) is 1. The zero-order valence-corrected chi connectivity index (χ0v) is 15.8. The van der Waals surface area contributed by atoms with Gasteiger partial charge in [-0.05, 0) is 31.2 Å². The third-order valence-corrected chi connectivity index (χ3v) is 4.55. The molecular weight excluding hydrogens is 402 g/mol. The van der Waals surface area contributed by atoms with Gasteiger partial charge in [-0.25, -0.2) is 0 Å². The Morgan fingerprint density at radius 2 is 1.77 bits per heavy atom. The molecule has 0 atom stereocenters. The van der Waals surface area contributed by atoms with Gasteiger partial charge in [0.1, 0.15) is 26.4 Å². The maximum Gasteiger partial charge on any atom is 0.325 e. The first-order chi connectivity index (χ1) is 12.5. The summed E-state index contributed by atoms with van der Waals surface area (Å²) >= 11 is 3.43. The molecule has 0 saturated carbocycles. The van der Waals surface area contributed by atoms with Crippen LogP contribution in [0.4, 0.5) is 0 Å². The molecule has 2 aromatic carbocycles. The molecule has 0 aliphatic carbocycles. The summed E-state index contributed by atoms with van der Waals surface area (Å²) in [4.78, 5) is 23.9. The largest absolute Gasteiger partial charge is 0.486 e. The second-order valence-electron chi connectivity index (χ2n) is 5.80. The first kappa shape index (κ1) is 18.3. The van der Waals surface area contributed by atoms with E-state index in [1.54, 1.807) is 24.3 Å². The minimum Gasteiger partial charge on any atom is -0.486 e. The predicted octanol–water partition coefficient (Wildman–Crippen LogP) is 3.00. The van der Waals surface area contributed by atoms with Gasteiger partial charge in [-0.1, -0.05) is 33.6 Å². The van der Waals surface area contributed by atoms with Crippen molar-refractivity contribution in [1.29, 1.82) is 0 Å². The van der Waals surface area contributed by atoms with Gasteiger partial charge in [0.05, 0.1) is 0 Å². The molecule has 0 unspecified atom stereocenters. The minimum absolute atomic E-state index is 0.0659. The van der Waals surface area contributed by atoms with E-state index in [4.69, 9.17) is 14.2 Å². The standard InChI is InChI=1S/C19H18BrNO5/c1-12-2-4-13(5-3-12)19(23)21-10-18(22)26-11-14-8-16-17(9-15(14)20)25-7-6-24-16/h2-5,8-9H,6-7,10-11H2,1H3,(H,21,23). The number of hydrogen-bond donors (Lipinski definition) is 1. The fourth-order valence-corrected chi connectivity index (χ4v) is 2.82. The second kappa shape index (κ2) is 8.23. The quantitative estimate of drug-likeness (QED) is 0.753. The van der Waals surface area contributed by atoms with Gasteiger partial charge in [0.15, 0.2) is 11.5 Å². The van der Waals surface area contributed by atoms with E-state index in [0.29, 0.717) is 30.3 Å². The predicted molar refractivity (Wildman–Crippen MR) is 98.4 cm³/mol. The number of benzene rings is 2. The zero-order valence-electron chi connectivity index (χ0n) is 14.2. The Hall–Kier alpha value is -2.54. The number of esters is 1. The van der Waals surface area contributed by atoms with Gasteiger partial charge >= 0.3 is 5.97 Å². The van der Waals surface area contributed by atoms with E-state index in [2.05, 4.69) is 21.2 Å². The number of ether oxygens (including phenoxy) is 3. The molecule has 0 aromatic heterocycles. The van der Waals surface area contributed by atoms with Gasteiger partial charge in [0.2, 0.25) is 0 Å². The molecule has 136 valence electrons. The molecule has 0 radical (unpaired) electrons. The first-order valence-electron chi connectivity index (χ1n) is 8.11. The Kier molecular flexibility index (Phi) is 5.78. The molecule has 26 heavy (non-hydrogen) atoms. The molecule has 1 N–H and O–H groups in total. The highest BCUT2D eigenvalue weighted by molar-refractivity contribution is 9.10.